The molecule has 0 radical (unpaired) electrons. The molecule has 0 atom stereocenters. The van der Waals surface area contributed by atoms with Crippen LogP contribution in [-0.4, -0.2) is 39.2 Å². The molecule has 0 aromatic heterocycles. The molecular formula is C22H25NO5. The number of carbonyl (C=O) groups is 2. The molecule has 0 aliphatic carbocycles. The van der Waals surface area contributed by atoms with Crippen LogP contribution in [-0.2, 0) is 20.7 Å². The molecule has 1 N–H and O–H groups in total. The highest BCUT2D eigenvalue weighted by atomic mass is 16.5. The fourth-order valence-corrected chi connectivity index (χ4v) is 2.46. The SMILES string of the molecule is COc1ccc(CCNC(=O)COC(=O)C=Cc2ccc(C)cc2)cc1OC. The molecule has 2 aromatic carbocycles. The van der Waals surface area contributed by atoms with E-state index in [-0.39, 0.29) is 12.5 Å². The van der Waals surface area contributed by atoms with Gasteiger partial charge in [0.1, 0.15) is 0 Å². The molecule has 6 heteroatoms. The minimum absolute atomic E-state index is 0.316. The topological polar surface area (TPSA) is 73.9 Å². The molecule has 0 aliphatic rings. The Labute approximate surface area is 165 Å². The Morgan fingerprint density at radius 1 is 1.00 bits per heavy atom. The third kappa shape index (κ3) is 6.79. The molecule has 0 bridgehead atoms. The molecule has 0 saturated carbocycles. The summed E-state index contributed by atoms with van der Waals surface area (Å²) in [4.78, 5) is 23.5. The quantitative estimate of drug-likeness (QED) is 0.532. The highest BCUT2D eigenvalue weighted by Crippen LogP contribution is 2.27. The summed E-state index contributed by atoms with van der Waals surface area (Å²) in [7, 11) is 3.15. The van der Waals surface area contributed by atoms with Crippen molar-refractivity contribution in [1.82, 2.24) is 5.32 Å². The van der Waals surface area contributed by atoms with Crippen LogP contribution in [0.25, 0.3) is 6.08 Å². The molecule has 0 unspecified atom stereocenters. The number of esters is 1. The molecule has 1 amide bonds. The van der Waals surface area contributed by atoms with Gasteiger partial charge in [-0.1, -0.05) is 35.9 Å². The minimum Gasteiger partial charge on any atom is -0.493 e. The molecule has 2 aromatic rings. The number of benzene rings is 2. The maximum absolute atomic E-state index is 11.8. The second kappa shape index (κ2) is 10.8. The lowest BCUT2D eigenvalue weighted by molar-refractivity contribution is -0.143. The molecule has 0 aliphatic heterocycles. The minimum atomic E-state index is -0.560. The van der Waals surface area contributed by atoms with Crippen LogP contribution in [0, 0.1) is 6.92 Å². The highest BCUT2D eigenvalue weighted by Gasteiger charge is 2.07. The maximum Gasteiger partial charge on any atom is 0.331 e. The van der Waals surface area contributed by atoms with Gasteiger partial charge < -0.3 is 19.5 Å². The zero-order valence-corrected chi connectivity index (χ0v) is 16.4. The lowest BCUT2D eigenvalue weighted by Crippen LogP contribution is -2.30. The summed E-state index contributed by atoms with van der Waals surface area (Å²) in [5.74, 6) is 0.384. The van der Waals surface area contributed by atoms with E-state index in [1.807, 2.05) is 49.4 Å². The lowest BCUT2D eigenvalue weighted by atomic mass is 10.1. The van der Waals surface area contributed by atoms with Gasteiger partial charge >= 0.3 is 5.97 Å². The third-order valence-corrected chi connectivity index (χ3v) is 4.02. The first-order valence-corrected chi connectivity index (χ1v) is 8.91. The Morgan fingerprint density at radius 2 is 1.71 bits per heavy atom. The van der Waals surface area contributed by atoms with Gasteiger partial charge in [0.15, 0.2) is 18.1 Å². The van der Waals surface area contributed by atoms with Crippen molar-refractivity contribution in [3.05, 3.63) is 65.2 Å². The Bertz CT molecular complexity index is 827. The molecule has 0 heterocycles. The summed E-state index contributed by atoms with van der Waals surface area (Å²) in [6.07, 6.45) is 3.58. The van der Waals surface area contributed by atoms with Crippen molar-refractivity contribution in [3.8, 4) is 11.5 Å². The van der Waals surface area contributed by atoms with Gasteiger partial charge in [0.05, 0.1) is 14.2 Å². The van der Waals surface area contributed by atoms with Crippen molar-refractivity contribution in [1.29, 1.82) is 0 Å². The molecular weight excluding hydrogens is 358 g/mol. The number of hydrogen-bond acceptors (Lipinski definition) is 5. The molecule has 0 spiro atoms. The summed E-state index contributed by atoms with van der Waals surface area (Å²) in [5.41, 5.74) is 3.03. The Balaban J connectivity index is 1.71. The second-order valence-electron chi connectivity index (χ2n) is 6.14. The van der Waals surface area contributed by atoms with Crippen LogP contribution in [0.2, 0.25) is 0 Å². The van der Waals surface area contributed by atoms with E-state index in [1.54, 1.807) is 20.3 Å². The van der Waals surface area contributed by atoms with Gasteiger partial charge in [-0.05, 0) is 42.7 Å². The van der Waals surface area contributed by atoms with Gasteiger partial charge in [-0.3, -0.25) is 4.79 Å². The summed E-state index contributed by atoms with van der Waals surface area (Å²) in [5, 5.41) is 2.72. The fraction of sp³-hybridized carbons (Fsp3) is 0.273. The Hall–Kier alpha value is -3.28. The van der Waals surface area contributed by atoms with Crippen LogP contribution in [0.4, 0.5) is 0 Å². The van der Waals surface area contributed by atoms with E-state index in [0.717, 1.165) is 16.7 Å². The third-order valence-electron chi connectivity index (χ3n) is 4.02. The van der Waals surface area contributed by atoms with E-state index in [1.165, 1.54) is 6.08 Å². The number of rotatable bonds is 9. The monoisotopic (exact) mass is 383 g/mol. The van der Waals surface area contributed by atoms with Crippen molar-refractivity contribution in [2.24, 2.45) is 0 Å². The van der Waals surface area contributed by atoms with Gasteiger partial charge in [0.25, 0.3) is 5.91 Å². The van der Waals surface area contributed by atoms with Crippen molar-refractivity contribution in [3.63, 3.8) is 0 Å². The molecule has 0 saturated heterocycles. The summed E-state index contributed by atoms with van der Waals surface area (Å²) < 4.78 is 15.4. The number of carbonyl (C=O) groups excluding carboxylic acids is 2. The maximum atomic E-state index is 11.8. The standard InChI is InChI=1S/C22H25NO5/c1-16-4-6-17(7-5-16)9-11-22(25)28-15-21(24)23-13-12-18-8-10-19(26-2)20(14-18)27-3/h4-11,14H,12-13,15H2,1-3H3,(H,23,24). The van der Waals surface area contributed by atoms with Gasteiger partial charge in [-0.25, -0.2) is 4.79 Å². The summed E-state index contributed by atoms with van der Waals surface area (Å²) in [6.45, 7) is 2.10. The van der Waals surface area contributed by atoms with Crippen molar-refractivity contribution < 1.29 is 23.8 Å². The predicted molar refractivity (Wildman–Crippen MR) is 107 cm³/mol. The van der Waals surface area contributed by atoms with Crippen LogP contribution in [0.3, 0.4) is 0 Å². The molecule has 148 valence electrons. The lowest BCUT2D eigenvalue weighted by Gasteiger charge is -2.10. The number of aryl methyl sites for hydroxylation is 1. The van der Waals surface area contributed by atoms with E-state index >= 15 is 0 Å². The summed E-state index contributed by atoms with van der Waals surface area (Å²) in [6, 6.07) is 13.3. The predicted octanol–water partition coefficient (Wildman–Crippen LogP) is 2.93. The van der Waals surface area contributed by atoms with Crippen molar-refractivity contribution in [2.75, 3.05) is 27.4 Å². The van der Waals surface area contributed by atoms with Crippen LogP contribution >= 0.6 is 0 Å². The van der Waals surface area contributed by atoms with E-state index in [0.29, 0.717) is 24.5 Å². The first-order valence-electron chi connectivity index (χ1n) is 8.91. The Morgan fingerprint density at radius 3 is 2.39 bits per heavy atom. The summed E-state index contributed by atoms with van der Waals surface area (Å²) >= 11 is 0. The number of methoxy groups -OCH3 is 2. The van der Waals surface area contributed by atoms with Crippen molar-refractivity contribution >= 4 is 18.0 Å². The number of ether oxygens (including phenoxy) is 3. The average Bonchev–Trinajstić information content (AvgIpc) is 2.71. The fourth-order valence-electron chi connectivity index (χ4n) is 2.46. The zero-order valence-electron chi connectivity index (χ0n) is 16.4. The van der Waals surface area contributed by atoms with Gasteiger partial charge in [-0.2, -0.15) is 0 Å². The van der Waals surface area contributed by atoms with Crippen LogP contribution in [0.15, 0.2) is 48.5 Å². The normalized spacial score (nSPS) is 10.5. The number of hydrogen-bond donors (Lipinski definition) is 1. The van der Waals surface area contributed by atoms with Gasteiger partial charge in [-0.15, -0.1) is 0 Å². The largest absolute Gasteiger partial charge is 0.493 e. The molecule has 28 heavy (non-hydrogen) atoms. The average molecular weight is 383 g/mol. The second-order valence-corrected chi connectivity index (χ2v) is 6.14. The smallest absolute Gasteiger partial charge is 0.331 e. The van der Waals surface area contributed by atoms with E-state index in [2.05, 4.69) is 5.32 Å². The van der Waals surface area contributed by atoms with E-state index < -0.39 is 5.97 Å². The highest BCUT2D eigenvalue weighted by molar-refractivity contribution is 5.89. The Kier molecular flexibility index (Phi) is 8.09. The molecule has 0 fully saturated rings. The van der Waals surface area contributed by atoms with Gasteiger partial charge in [0, 0.05) is 12.6 Å². The van der Waals surface area contributed by atoms with Crippen LogP contribution in [0.5, 0.6) is 11.5 Å². The number of nitrogens with one attached hydrogen (secondary N) is 1. The zero-order chi connectivity index (χ0) is 20.4. The first kappa shape index (κ1) is 21.0. The first-order chi connectivity index (χ1) is 13.5. The van der Waals surface area contributed by atoms with Crippen LogP contribution < -0.4 is 14.8 Å². The molecule has 2 rings (SSSR count). The number of amides is 1. The van der Waals surface area contributed by atoms with E-state index in [9.17, 15) is 9.59 Å². The molecule has 6 nitrogen and oxygen atoms in total. The van der Waals surface area contributed by atoms with Gasteiger partial charge in [0.2, 0.25) is 0 Å². The van der Waals surface area contributed by atoms with Crippen LogP contribution in [0.1, 0.15) is 16.7 Å². The van der Waals surface area contributed by atoms with E-state index in [4.69, 9.17) is 14.2 Å². The van der Waals surface area contributed by atoms with Crippen molar-refractivity contribution in [2.45, 2.75) is 13.3 Å².